The lowest BCUT2D eigenvalue weighted by atomic mass is 9.75. The maximum atomic E-state index is 4.33. The van der Waals surface area contributed by atoms with Crippen molar-refractivity contribution in [2.24, 2.45) is 5.41 Å². The van der Waals surface area contributed by atoms with Crippen LogP contribution in [-0.2, 0) is 6.54 Å². The van der Waals surface area contributed by atoms with Gasteiger partial charge in [-0.3, -0.25) is 0 Å². The van der Waals surface area contributed by atoms with Gasteiger partial charge in [0.2, 0.25) is 0 Å². The molecule has 0 bridgehead atoms. The Kier molecular flexibility index (Phi) is 3.31. The molecule has 1 saturated carbocycles. The summed E-state index contributed by atoms with van der Waals surface area (Å²) < 4.78 is 0. The van der Waals surface area contributed by atoms with Gasteiger partial charge in [-0.25, -0.2) is 4.98 Å². The molecule has 0 saturated heterocycles. The third-order valence-electron chi connectivity index (χ3n) is 4.46. The molecule has 2 heterocycles. The van der Waals surface area contributed by atoms with Crippen molar-refractivity contribution in [3.05, 3.63) is 30.1 Å². The predicted molar refractivity (Wildman–Crippen MR) is 79.0 cm³/mol. The molecule has 0 aliphatic heterocycles. The summed E-state index contributed by atoms with van der Waals surface area (Å²) in [6, 6.07) is 4.82. The van der Waals surface area contributed by atoms with E-state index in [2.05, 4.69) is 41.4 Å². The Labute approximate surface area is 114 Å². The monoisotopic (exact) mass is 257 g/mol. The Morgan fingerprint density at radius 2 is 2.16 bits per heavy atom. The Bertz CT molecular complexity index is 546. The highest BCUT2D eigenvalue weighted by Gasteiger charge is 2.26. The highest BCUT2D eigenvalue weighted by Crippen LogP contribution is 2.35. The fraction of sp³-hybridized carbons (Fsp3) is 0.562. The molecule has 0 atom stereocenters. The topological polar surface area (TPSA) is 40.7 Å². The van der Waals surface area contributed by atoms with Gasteiger partial charge in [0.15, 0.2) is 0 Å². The molecule has 1 aliphatic rings. The number of aromatic nitrogens is 2. The van der Waals surface area contributed by atoms with Gasteiger partial charge in [-0.2, -0.15) is 0 Å². The molecule has 0 spiro atoms. The molecule has 0 aromatic carbocycles. The quantitative estimate of drug-likeness (QED) is 0.881. The van der Waals surface area contributed by atoms with Crippen molar-refractivity contribution in [3.63, 3.8) is 0 Å². The Hall–Kier alpha value is -1.35. The summed E-state index contributed by atoms with van der Waals surface area (Å²) in [6.07, 6.45) is 9.18. The summed E-state index contributed by atoms with van der Waals surface area (Å²) in [5.41, 5.74) is 2.86. The average molecular weight is 257 g/mol. The van der Waals surface area contributed by atoms with Gasteiger partial charge in [0, 0.05) is 30.4 Å². The van der Waals surface area contributed by atoms with E-state index < -0.39 is 0 Å². The molecule has 2 N–H and O–H groups in total. The number of nitrogens with one attached hydrogen (secondary N) is 2. The number of pyridine rings is 1. The maximum absolute atomic E-state index is 4.33. The molecule has 19 heavy (non-hydrogen) atoms. The fourth-order valence-corrected chi connectivity index (χ4v) is 3.02. The zero-order chi connectivity index (χ0) is 13.3. The molecule has 0 radical (unpaired) electrons. The zero-order valence-electron chi connectivity index (χ0n) is 11.9. The highest BCUT2D eigenvalue weighted by atomic mass is 14.9. The number of fused-ring (bicyclic) bond motifs is 1. The van der Waals surface area contributed by atoms with Crippen molar-refractivity contribution in [3.8, 4) is 0 Å². The van der Waals surface area contributed by atoms with E-state index >= 15 is 0 Å². The fourth-order valence-electron chi connectivity index (χ4n) is 3.02. The molecule has 102 valence electrons. The van der Waals surface area contributed by atoms with E-state index in [1.807, 2.05) is 12.3 Å². The first-order chi connectivity index (χ1) is 9.14. The first kappa shape index (κ1) is 12.7. The lowest BCUT2D eigenvalue weighted by Gasteiger charge is -2.34. The summed E-state index contributed by atoms with van der Waals surface area (Å²) in [7, 11) is 0. The van der Waals surface area contributed by atoms with Crippen LogP contribution in [0.1, 0.15) is 45.1 Å². The van der Waals surface area contributed by atoms with Crippen LogP contribution in [0.3, 0.4) is 0 Å². The number of hydrogen-bond acceptors (Lipinski definition) is 2. The normalized spacial score (nSPS) is 19.9. The second-order valence-corrected chi connectivity index (χ2v) is 6.53. The van der Waals surface area contributed by atoms with Gasteiger partial charge in [-0.1, -0.05) is 13.8 Å². The van der Waals surface area contributed by atoms with Crippen molar-refractivity contribution >= 4 is 11.0 Å². The van der Waals surface area contributed by atoms with Crippen molar-refractivity contribution in [1.29, 1.82) is 0 Å². The number of H-pyrrole nitrogens is 1. The minimum Gasteiger partial charge on any atom is -0.346 e. The first-order valence-corrected chi connectivity index (χ1v) is 7.28. The standard InChI is InChI=1S/C16H23N3/c1-16(2)7-5-13(6-8-16)18-10-12-11-19-15-14(12)4-3-9-17-15/h3-4,9,11,13,18H,5-8,10H2,1-2H3,(H,17,19). The molecule has 2 aromatic heterocycles. The van der Waals surface area contributed by atoms with E-state index in [0.29, 0.717) is 11.5 Å². The lowest BCUT2D eigenvalue weighted by molar-refractivity contribution is 0.206. The Morgan fingerprint density at radius 3 is 2.95 bits per heavy atom. The van der Waals surface area contributed by atoms with Crippen LogP contribution in [0.25, 0.3) is 11.0 Å². The lowest BCUT2D eigenvalue weighted by Crippen LogP contribution is -2.35. The number of nitrogens with zero attached hydrogens (tertiary/aromatic N) is 1. The molecule has 1 fully saturated rings. The van der Waals surface area contributed by atoms with E-state index in [-0.39, 0.29) is 0 Å². The smallest absolute Gasteiger partial charge is 0.137 e. The van der Waals surface area contributed by atoms with Crippen molar-refractivity contribution < 1.29 is 0 Å². The van der Waals surface area contributed by atoms with E-state index in [9.17, 15) is 0 Å². The summed E-state index contributed by atoms with van der Waals surface area (Å²) in [5.74, 6) is 0. The SMILES string of the molecule is CC1(C)CCC(NCc2c[nH]c3ncccc23)CC1. The summed E-state index contributed by atoms with van der Waals surface area (Å²) >= 11 is 0. The number of rotatable bonds is 3. The van der Waals surface area contributed by atoms with Gasteiger partial charge >= 0.3 is 0 Å². The molecule has 2 aromatic rings. The van der Waals surface area contributed by atoms with E-state index in [1.54, 1.807) is 0 Å². The third-order valence-corrected chi connectivity index (χ3v) is 4.46. The van der Waals surface area contributed by atoms with Gasteiger partial charge in [-0.15, -0.1) is 0 Å². The van der Waals surface area contributed by atoms with Crippen LogP contribution in [0.4, 0.5) is 0 Å². The molecular formula is C16H23N3. The molecule has 3 rings (SSSR count). The third kappa shape index (κ3) is 2.81. The van der Waals surface area contributed by atoms with Crippen LogP contribution < -0.4 is 5.32 Å². The largest absolute Gasteiger partial charge is 0.346 e. The molecule has 0 unspecified atom stereocenters. The average Bonchev–Trinajstić information content (AvgIpc) is 2.81. The molecular weight excluding hydrogens is 234 g/mol. The van der Waals surface area contributed by atoms with Gasteiger partial charge in [0.25, 0.3) is 0 Å². The molecule has 0 amide bonds. The van der Waals surface area contributed by atoms with Gasteiger partial charge in [0.05, 0.1) is 0 Å². The van der Waals surface area contributed by atoms with Crippen LogP contribution in [0.15, 0.2) is 24.5 Å². The van der Waals surface area contributed by atoms with Crippen molar-refractivity contribution in [2.45, 2.75) is 52.1 Å². The zero-order valence-corrected chi connectivity index (χ0v) is 11.9. The van der Waals surface area contributed by atoms with E-state index in [4.69, 9.17) is 0 Å². The van der Waals surface area contributed by atoms with E-state index in [0.717, 1.165) is 12.2 Å². The minimum absolute atomic E-state index is 0.545. The Morgan fingerprint density at radius 1 is 1.37 bits per heavy atom. The highest BCUT2D eigenvalue weighted by molar-refractivity contribution is 5.79. The number of aromatic amines is 1. The molecule has 3 nitrogen and oxygen atoms in total. The van der Waals surface area contributed by atoms with E-state index in [1.165, 1.54) is 36.6 Å². The number of hydrogen-bond donors (Lipinski definition) is 2. The van der Waals surface area contributed by atoms with Crippen molar-refractivity contribution in [1.82, 2.24) is 15.3 Å². The summed E-state index contributed by atoms with van der Waals surface area (Å²) in [5, 5.41) is 4.95. The predicted octanol–water partition coefficient (Wildman–Crippen LogP) is 3.62. The van der Waals surface area contributed by atoms with Crippen LogP contribution in [-0.4, -0.2) is 16.0 Å². The minimum atomic E-state index is 0.545. The van der Waals surface area contributed by atoms with Crippen LogP contribution in [0.5, 0.6) is 0 Å². The van der Waals surface area contributed by atoms with Crippen molar-refractivity contribution in [2.75, 3.05) is 0 Å². The second kappa shape index (κ2) is 4.97. The van der Waals surface area contributed by atoms with Crippen LogP contribution >= 0.6 is 0 Å². The summed E-state index contributed by atoms with van der Waals surface area (Å²) in [4.78, 5) is 7.57. The van der Waals surface area contributed by atoms with Gasteiger partial charge in [-0.05, 0) is 48.8 Å². The second-order valence-electron chi connectivity index (χ2n) is 6.53. The van der Waals surface area contributed by atoms with Crippen LogP contribution in [0.2, 0.25) is 0 Å². The molecule has 1 aliphatic carbocycles. The Balaban J connectivity index is 1.61. The summed E-state index contributed by atoms with van der Waals surface area (Å²) in [6.45, 7) is 5.71. The van der Waals surface area contributed by atoms with Gasteiger partial charge < -0.3 is 10.3 Å². The molecule has 3 heteroatoms. The van der Waals surface area contributed by atoms with Gasteiger partial charge in [0.1, 0.15) is 5.65 Å². The first-order valence-electron chi connectivity index (χ1n) is 7.28. The van der Waals surface area contributed by atoms with Crippen LogP contribution in [0, 0.1) is 5.41 Å². The maximum Gasteiger partial charge on any atom is 0.137 e.